The number of aromatic nitrogens is 1. The van der Waals surface area contributed by atoms with Gasteiger partial charge in [0.05, 0.1) is 0 Å². The first-order valence-electron chi connectivity index (χ1n) is 5.50. The van der Waals surface area contributed by atoms with Gasteiger partial charge in [0, 0.05) is 30.6 Å². The average molecular weight is 204 g/mol. The van der Waals surface area contributed by atoms with E-state index < -0.39 is 0 Å². The summed E-state index contributed by atoms with van der Waals surface area (Å²) < 4.78 is 0. The minimum Gasteiger partial charge on any atom is -0.388 e. The minimum atomic E-state index is 0.667. The SMILES string of the molecule is C=C(CC(C)C)NCCc1ccccn1. The molecule has 0 atom stereocenters. The smallest absolute Gasteiger partial charge is 0.0421 e. The summed E-state index contributed by atoms with van der Waals surface area (Å²) in [5.41, 5.74) is 2.25. The van der Waals surface area contributed by atoms with Crippen molar-refractivity contribution in [2.24, 2.45) is 5.92 Å². The Morgan fingerprint density at radius 3 is 2.87 bits per heavy atom. The first kappa shape index (κ1) is 11.8. The normalized spacial score (nSPS) is 10.3. The molecule has 0 fully saturated rings. The lowest BCUT2D eigenvalue weighted by atomic mass is 10.1. The molecule has 0 aliphatic heterocycles. The van der Waals surface area contributed by atoms with E-state index in [4.69, 9.17) is 0 Å². The lowest BCUT2D eigenvalue weighted by Crippen LogP contribution is -2.17. The van der Waals surface area contributed by atoms with E-state index in [1.807, 2.05) is 24.4 Å². The Kier molecular flexibility index (Phi) is 4.88. The van der Waals surface area contributed by atoms with Crippen molar-refractivity contribution in [3.8, 4) is 0 Å². The molecule has 0 radical (unpaired) electrons. The second-order valence-electron chi connectivity index (χ2n) is 4.20. The highest BCUT2D eigenvalue weighted by atomic mass is 14.9. The zero-order valence-electron chi connectivity index (χ0n) is 9.66. The van der Waals surface area contributed by atoms with Gasteiger partial charge in [-0.1, -0.05) is 26.5 Å². The van der Waals surface area contributed by atoms with Crippen LogP contribution >= 0.6 is 0 Å². The molecule has 0 saturated carbocycles. The third kappa shape index (κ3) is 5.21. The molecule has 0 aliphatic carbocycles. The van der Waals surface area contributed by atoms with Crippen LogP contribution in [0.25, 0.3) is 0 Å². The zero-order valence-corrected chi connectivity index (χ0v) is 9.66. The van der Waals surface area contributed by atoms with Gasteiger partial charge >= 0.3 is 0 Å². The van der Waals surface area contributed by atoms with Crippen molar-refractivity contribution in [3.05, 3.63) is 42.4 Å². The molecule has 1 heterocycles. The fourth-order valence-electron chi connectivity index (χ4n) is 1.48. The third-order valence-electron chi connectivity index (χ3n) is 2.14. The summed E-state index contributed by atoms with van der Waals surface area (Å²) in [7, 11) is 0. The third-order valence-corrected chi connectivity index (χ3v) is 2.14. The van der Waals surface area contributed by atoms with Gasteiger partial charge in [-0.2, -0.15) is 0 Å². The van der Waals surface area contributed by atoms with Crippen molar-refractivity contribution in [1.29, 1.82) is 0 Å². The van der Waals surface area contributed by atoms with Crippen molar-refractivity contribution in [3.63, 3.8) is 0 Å². The molecule has 0 spiro atoms. The number of hydrogen-bond donors (Lipinski definition) is 1. The number of hydrogen-bond acceptors (Lipinski definition) is 2. The summed E-state index contributed by atoms with van der Waals surface area (Å²) in [4.78, 5) is 4.27. The first-order chi connectivity index (χ1) is 7.18. The molecule has 1 rings (SSSR count). The Hall–Kier alpha value is -1.31. The molecule has 0 aromatic carbocycles. The second kappa shape index (κ2) is 6.23. The molecule has 2 nitrogen and oxygen atoms in total. The van der Waals surface area contributed by atoms with E-state index in [9.17, 15) is 0 Å². The van der Waals surface area contributed by atoms with Crippen molar-refractivity contribution >= 4 is 0 Å². The first-order valence-corrected chi connectivity index (χ1v) is 5.50. The predicted octanol–water partition coefficient (Wildman–Crippen LogP) is 2.77. The lowest BCUT2D eigenvalue weighted by molar-refractivity contribution is 0.602. The average Bonchev–Trinajstić information content (AvgIpc) is 2.18. The molecule has 0 saturated heterocycles. The molecule has 82 valence electrons. The van der Waals surface area contributed by atoms with Crippen molar-refractivity contribution < 1.29 is 0 Å². The number of pyridine rings is 1. The van der Waals surface area contributed by atoms with Crippen molar-refractivity contribution in [1.82, 2.24) is 10.3 Å². The molecule has 0 bridgehead atoms. The molecule has 2 heteroatoms. The van der Waals surface area contributed by atoms with Gasteiger partial charge in [-0.05, 0) is 24.5 Å². The monoisotopic (exact) mass is 204 g/mol. The Morgan fingerprint density at radius 1 is 1.47 bits per heavy atom. The largest absolute Gasteiger partial charge is 0.388 e. The maximum Gasteiger partial charge on any atom is 0.0421 e. The molecule has 15 heavy (non-hydrogen) atoms. The Morgan fingerprint density at radius 2 is 2.27 bits per heavy atom. The topological polar surface area (TPSA) is 24.9 Å². The fourth-order valence-corrected chi connectivity index (χ4v) is 1.48. The molecule has 0 aliphatic rings. The van der Waals surface area contributed by atoms with Gasteiger partial charge < -0.3 is 5.32 Å². The fraction of sp³-hybridized carbons (Fsp3) is 0.462. The predicted molar refractivity (Wildman–Crippen MR) is 64.5 cm³/mol. The van der Waals surface area contributed by atoms with E-state index in [1.54, 1.807) is 0 Å². The Balaban J connectivity index is 2.19. The van der Waals surface area contributed by atoms with Gasteiger partial charge in [-0.3, -0.25) is 4.98 Å². The van der Waals surface area contributed by atoms with E-state index >= 15 is 0 Å². The van der Waals surface area contributed by atoms with Crippen LogP contribution < -0.4 is 5.32 Å². The van der Waals surface area contributed by atoms with Gasteiger partial charge in [0.15, 0.2) is 0 Å². The van der Waals surface area contributed by atoms with Crippen LogP contribution in [0.3, 0.4) is 0 Å². The van der Waals surface area contributed by atoms with Crippen molar-refractivity contribution in [2.75, 3.05) is 6.54 Å². The van der Waals surface area contributed by atoms with E-state index in [0.717, 1.165) is 30.8 Å². The van der Waals surface area contributed by atoms with Gasteiger partial charge in [0.2, 0.25) is 0 Å². The van der Waals surface area contributed by atoms with Gasteiger partial charge in [-0.15, -0.1) is 0 Å². The van der Waals surface area contributed by atoms with E-state index in [-0.39, 0.29) is 0 Å². The number of nitrogens with one attached hydrogen (secondary N) is 1. The van der Waals surface area contributed by atoms with Crippen LogP contribution in [0.4, 0.5) is 0 Å². The summed E-state index contributed by atoms with van der Waals surface area (Å²) in [6.45, 7) is 9.31. The van der Waals surface area contributed by atoms with Crippen LogP contribution in [0, 0.1) is 5.92 Å². The second-order valence-corrected chi connectivity index (χ2v) is 4.20. The van der Waals surface area contributed by atoms with E-state index in [2.05, 4.69) is 30.7 Å². The maximum absolute atomic E-state index is 4.27. The van der Waals surface area contributed by atoms with Crippen LogP contribution in [-0.4, -0.2) is 11.5 Å². The summed E-state index contributed by atoms with van der Waals surface area (Å²) in [5.74, 6) is 0.667. The van der Waals surface area contributed by atoms with Crippen LogP contribution in [0.5, 0.6) is 0 Å². The van der Waals surface area contributed by atoms with Crippen LogP contribution in [-0.2, 0) is 6.42 Å². The van der Waals surface area contributed by atoms with Crippen LogP contribution in [0.2, 0.25) is 0 Å². The summed E-state index contributed by atoms with van der Waals surface area (Å²) in [6, 6.07) is 6.01. The Labute approximate surface area is 92.4 Å². The maximum atomic E-state index is 4.27. The zero-order chi connectivity index (χ0) is 11.1. The molecule has 1 aromatic heterocycles. The van der Waals surface area contributed by atoms with Crippen molar-refractivity contribution in [2.45, 2.75) is 26.7 Å². The number of allylic oxidation sites excluding steroid dienone is 1. The molecule has 0 unspecified atom stereocenters. The van der Waals surface area contributed by atoms with Gasteiger partial charge in [-0.25, -0.2) is 0 Å². The highest BCUT2D eigenvalue weighted by molar-refractivity contribution is 5.04. The van der Waals surface area contributed by atoms with Gasteiger partial charge in [0.1, 0.15) is 0 Å². The molecular weight excluding hydrogens is 184 g/mol. The van der Waals surface area contributed by atoms with E-state index in [0.29, 0.717) is 5.92 Å². The summed E-state index contributed by atoms with van der Waals surface area (Å²) in [6.07, 6.45) is 3.83. The molecular formula is C13H20N2. The highest BCUT2D eigenvalue weighted by Crippen LogP contribution is 2.05. The lowest BCUT2D eigenvalue weighted by Gasteiger charge is -2.11. The van der Waals surface area contributed by atoms with Gasteiger partial charge in [0.25, 0.3) is 0 Å². The van der Waals surface area contributed by atoms with Crippen LogP contribution in [0.1, 0.15) is 26.0 Å². The summed E-state index contributed by atoms with van der Waals surface area (Å²) >= 11 is 0. The molecule has 0 amide bonds. The summed E-state index contributed by atoms with van der Waals surface area (Å²) in [5, 5.41) is 3.33. The molecule has 1 aromatic rings. The quantitative estimate of drug-likeness (QED) is 0.770. The Bertz CT molecular complexity index is 291. The number of rotatable bonds is 6. The number of nitrogens with zero attached hydrogens (tertiary/aromatic N) is 1. The minimum absolute atomic E-state index is 0.667. The molecule has 1 N–H and O–H groups in total. The standard InChI is InChI=1S/C13H20N2/c1-11(2)10-12(3)14-9-7-13-6-4-5-8-15-13/h4-6,8,11,14H,3,7,9-10H2,1-2H3. The van der Waals surface area contributed by atoms with Crippen LogP contribution in [0.15, 0.2) is 36.7 Å². The van der Waals surface area contributed by atoms with E-state index in [1.165, 1.54) is 0 Å². The highest BCUT2D eigenvalue weighted by Gasteiger charge is 1.98.